The summed E-state index contributed by atoms with van der Waals surface area (Å²) in [6.45, 7) is 2.98. The molecule has 146 valence electrons. The standard InChI is InChI=1S/C19H23N7O2/c1-25-11-12(10-22-25)13-7-14(19-23-17(20)9-18(21)24-19)16(27-2)8-15(13)26-3-5-28-6-4-26/h7-11H,3-6H2,1-2H3,(H4,20,21,23,24). The first-order chi connectivity index (χ1) is 13.5. The lowest BCUT2D eigenvalue weighted by Gasteiger charge is -2.31. The molecule has 0 saturated carbocycles. The molecule has 0 aliphatic carbocycles. The van der Waals surface area contributed by atoms with Crippen LogP contribution < -0.4 is 21.1 Å². The lowest BCUT2D eigenvalue weighted by atomic mass is 10.0. The molecule has 4 N–H and O–H groups in total. The highest BCUT2D eigenvalue weighted by atomic mass is 16.5. The molecule has 0 amide bonds. The van der Waals surface area contributed by atoms with Crippen molar-refractivity contribution in [2.45, 2.75) is 0 Å². The number of methoxy groups -OCH3 is 1. The van der Waals surface area contributed by atoms with Crippen molar-refractivity contribution in [1.29, 1.82) is 0 Å². The van der Waals surface area contributed by atoms with Crippen LogP contribution in [-0.4, -0.2) is 53.2 Å². The number of aryl methyl sites for hydroxylation is 1. The minimum atomic E-state index is 0.310. The minimum absolute atomic E-state index is 0.310. The Balaban J connectivity index is 1.92. The number of rotatable bonds is 4. The molecule has 0 atom stereocenters. The Morgan fingerprint density at radius 2 is 1.75 bits per heavy atom. The number of morpholine rings is 1. The third-order valence-electron chi connectivity index (χ3n) is 4.69. The minimum Gasteiger partial charge on any atom is -0.496 e. The third kappa shape index (κ3) is 3.44. The molecule has 9 heteroatoms. The maximum Gasteiger partial charge on any atom is 0.167 e. The molecule has 2 aromatic heterocycles. The largest absolute Gasteiger partial charge is 0.496 e. The third-order valence-corrected chi connectivity index (χ3v) is 4.69. The highest BCUT2D eigenvalue weighted by molar-refractivity contribution is 5.85. The van der Waals surface area contributed by atoms with Crippen molar-refractivity contribution in [1.82, 2.24) is 19.7 Å². The van der Waals surface area contributed by atoms with E-state index in [4.69, 9.17) is 20.9 Å². The zero-order valence-electron chi connectivity index (χ0n) is 15.9. The number of nitrogen functional groups attached to an aromatic ring is 2. The van der Waals surface area contributed by atoms with E-state index in [9.17, 15) is 0 Å². The van der Waals surface area contributed by atoms with E-state index in [0.29, 0.717) is 36.4 Å². The number of ether oxygens (including phenoxy) is 2. The first-order valence-corrected chi connectivity index (χ1v) is 8.99. The van der Waals surface area contributed by atoms with Gasteiger partial charge >= 0.3 is 0 Å². The molecule has 28 heavy (non-hydrogen) atoms. The van der Waals surface area contributed by atoms with Gasteiger partial charge in [-0.2, -0.15) is 5.10 Å². The van der Waals surface area contributed by atoms with Gasteiger partial charge in [0.15, 0.2) is 5.82 Å². The van der Waals surface area contributed by atoms with Gasteiger partial charge in [0.05, 0.1) is 32.1 Å². The molecule has 0 bridgehead atoms. The van der Waals surface area contributed by atoms with Crippen LogP contribution in [0.2, 0.25) is 0 Å². The summed E-state index contributed by atoms with van der Waals surface area (Å²) in [6.07, 6.45) is 3.81. The summed E-state index contributed by atoms with van der Waals surface area (Å²) in [5.74, 6) is 1.70. The van der Waals surface area contributed by atoms with Gasteiger partial charge < -0.3 is 25.8 Å². The molecule has 3 heterocycles. The lowest BCUT2D eigenvalue weighted by Crippen LogP contribution is -2.36. The van der Waals surface area contributed by atoms with Gasteiger partial charge in [0.25, 0.3) is 0 Å². The van der Waals surface area contributed by atoms with Gasteiger partial charge in [-0.1, -0.05) is 0 Å². The Morgan fingerprint density at radius 3 is 2.36 bits per heavy atom. The van der Waals surface area contributed by atoms with Crippen LogP contribution in [0.15, 0.2) is 30.6 Å². The molecule has 1 aromatic carbocycles. The molecule has 1 aliphatic heterocycles. The number of nitrogens with two attached hydrogens (primary N) is 2. The summed E-state index contributed by atoms with van der Waals surface area (Å²) in [7, 11) is 3.52. The van der Waals surface area contributed by atoms with Gasteiger partial charge in [0.1, 0.15) is 17.4 Å². The van der Waals surface area contributed by atoms with Crippen LogP contribution in [0.4, 0.5) is 17.3 Å². The molecular weight excluding hydrogens is 358 g/mol. The molecule has 0 unspecified atom stereocenters. The summed E-state index contributed by atoms with van der Waals surface area (Å²) in [5.41, 5.74) is 15.5. The fourth-order valence-electron chi connectivity index (χ4n) is 3.38. The van der Waals surface area contributed by atoms with Crippen LogP contribution in [-0.2, 0) is 11.8 Å². The van der Waals surface area contributed by atoms with Crippen LogP contribution in [0.1, 0.15) is 0 Å². The van der Waals surface area contributed by atoms with E-state index in [-0.39, 0.29) is 0 Å². The fraction of sp³-hybridized carbons (Fsp3) is 0.316. The van der Waals surface area contributed by atoms with E-state index in [1.165, 1.54) is 6.07 Å². The highest BCUT2D eigenvalue weighted by Crippen LogP contribution is 2.40. The van der Waals surface area contributed by atoms with E-state index in [0.717, 1.165) is 35.5 Å². The van der Waals surface area contributed by atoms with Crippen LogP contribution >= 0.6 is 0 Å². The summed E-state index contributed by atoms with van der Waals surface area (Å²) in [6, 6.07) is 5.54. The smallest absolute Gasteiger partial charge is 0.167 e. The Labute approximate surface area is 162 Å². The molecular formula is C19H23N7O2. The maximum absolute atomic E-state index is 5.88. The zero-order chi connectivity index (χ0) is 19.7. The monoisotopic (exact) mass is 381 g/mol. The number of nitrogens with zero attached hydrogens (tertiary/aromatic N) is 5. The number of hydrogen-bond acceptors (Lipinski definition) is 8. The number of anilines is 3. The number of benzene rings is 1. The predicted octanol–water partition coefficient (Wildman–Crippen LogP) is 1.55. The molecule has 1 aliphatic rings. The molecule has 1 fully saturated rings. The predicted molar refractivity (Wildman–Crippen MR) is 108 cm³/mol. The average molecular weight is 381 g/mol. The molecule has 9 nitrogen and oxygen atoms in total. The molecule has 4 rings (SSSR count). The van der Waals surface area contributed by atoms with Crippen molar-refractivity contribution in [2.75, 3.05) is 49.8 Å². The summed E-state index contributed by atoms with van der Waals surface area (Å²) in [5, 5.41) is 4.32. The van der Waals surface area contributed by atoms with Crippen molar-refractivity contribution in [2.24, 2.45) is 7.05 Å². The molecule has 0 radical (unpaired) electrons. The van der Waals surface area contributed by atoms with Crippen LogP contribution in [0.3, 0.4) is 0 Å². The van der Waals surface area contributed by atoms with Crippen molar-refractivity contribution in [3.05, 3.63) is 30.6 Å². The molecule has 1 saturated heterocycles. The Bertz CT molecular complexity index is 976. The normalized spacial score (nSPS) is 14.3. The zero-order valence-corrected chi connectivity index (χ0v) is 15.9. The van der Waals surface area contributed by atoms with E-state index in [1.54, 1.807) is 11.8 Å². The Hall–Kier alpha value is -3.33. The topological polar surface area (TPSA) is 117 Å². The second kappa shape index (κ2) is 7.35. The van der Waals surface area contributed by atoms with Gasteiger partial charge in [-0.25, -0.2) is 9.97 Å². The summed E-state index contributed by atoms with van der Waals surface area (Å²) >= 11 is 0. The second-order valence-corrected chi connectivity index (χ2v) is 6.61. The SMILES string of the molecule is COc1cc(N2CCOCC2)c(-c2cnn(C)c2)cc1-c1nc(N)cc(N)n1. The van der Waals surface area contributed by atoms with Crippen molar-refractivity contribution in [3.63, 3.8) is 0 Å². The van der Waals surface area contributed by atoms with Crippen LogP contribution in [0.25, 0.3) is 22.5 Å². The van der Waals surface area contributed by atoms with Crippen molar-refractivity contribution >= 4 is 17.3 Å². The molecule has 3 aromatic rings. The quantitative estimate of drug-likeness (QED) is 0.699. The summed E-state index contributed by atoms with van der Waals surface area (Å²) in [4.78, 5) is 11.0. The summed E-state index contributed by atoms with van der Waals surface area (Å²) < 4.78 is 13.0. The van der Waals surface area contributed by atoms with Crippen molar-refractivity contribution < 1.29 is 9.47 Å². The first-order valence-electron chi connectivity index (χ1n) is 8.99. The van der Waals surface area contributed by atoms with Gasteiger partial charge in [0, 0.05) is 55.3 Å². The van der Waals surface area contributed by atoms with Crippen LogP contribution in [0.5, 0.6) is 5.75 Å². The van der Waals surface area contributed by atoms with Crippen LogP contribution in [0, 0.1) is 0 Å². The first kappa shape index (κ1) is 18.1. The second-order valence-electron chi connectivity index (χ2n) is 6.61. The van der Waals surface area contributed by atoms with Gasteiger partial charge in [-0.05, 0) is 6.07 Å². The van der Waals surface area contributed by atoms with Crippen molar-refractivity contribution in [3.8, 4) is 28.3 Å². The van der Waals surface area contributed by atoms with E-state index >= 15 is 0 Å². The van der Waals surface area contributed by atoms with Gasteiger partial charge in [-0.15, -0.1) is 0 Å². The number of hydrogen-bond donors (Lipinski definition) is 2. The van der Waals surface area contributed by atoms with E-state index in [2.05, 4.69) is 20.0 Å². The van der Waals surface area contributed by atoms with Gasteiger partial charge in [-0.3, -0.25) is 4.68 Å². The average Bonchev–Trinajstić information content (AvgIpc) is 3.13. The fourth-order valence-corrected chi connectivity index (χ4v) is 3.38. The molecule has 0 spiro atoms. The Morgan fingerprint density at radius 1 is 1.04 bits per heavy atom. The lowest BCUT2D eigenvalue weighted by molar-refractivity contribution is 0.122. The Kier molecular flexibility index (Phi) is 4.74. The van der Waals surface area contributed by atoms with Gasteiger partial charge in [0.2, 0.25) is 0 Å². The maximum atomic E-state index is 5.88. The van der Waals surface area contributed by atoms with E-state index < -0.39 is 0 Å². The number of aromatic nitrogens is 4. The van der Waals surface area contributed by atoms with E-state index in [1.807, 2.05) is 31.6 Å². The highest BCUT2D eigenvalue weighted by Gasteiger charge is 2.22.